The lowest BCUT2D eigenvalue weighted by Gasteiger charge is -1.99. The van der Waals surface area contributed by atoms with Gasteiger partial charge in [-0.25, -0.2) is 9.97 Å². The molecule has 9 heteroatoms. The Bertz CT molecular complexity index is 560. The first kappa shape index (κ1) is 11.3. The molecule has 0 aromatic carbocycles. The topological polar surface area (TPSA) is 84.0 Å². The summed E-state index contributed by atoms with van der Waals surface area (Å²) in [7, 11) is -1.84. The van der Waals surface area contributed by atoms with Crippen molar-refractivity contribution >= 4 is 42.8 Å². The number of nitrogens with zero attached hydrogens (tertiary/aromatic N) is 2. The van der Waals surface area contributed by atoms with Gasteiger partial charge in [-0.1, -0.05) is 11.3 Å². The average Bonchev–Trinajstić information content (AvgIpc) is 2.86. The third kappa shape index (κ3) is 2.31. The van der Waals surface area contributed by atoms with E-state index in [-0.39, 0.29) is 4.34 Å². The summed E-state index contributed by atoms with van der Waals surface area (Å²) in [6.45, 7) is 0. The minimum absolute atomic E-state index is 0.0358. The van der Waals surface area contributed by atoms with E-state index in [9.17, 15) is 8.42 Å². The van der Waals surface area contributed by atoms with Gasteiger partial charge in [0.2, 0.25) is 4.34 Å². The molecule has 2 aromatic rings. The molecule has 2 rings (SSSR count). The van der Waals surface area contributed by atoms with E-state index in [1.54, 1.807) is 18.6 Å². The van der Waals surface area contributed by atoms with Crippen LogP contribution < -0.4 is 10.0 Å². The maximum Gasteiger partial charge on any atom is 0.291 e. The molecule has 0 aliphatic heterocycles. The van der Waals surface area contributed by atoms with E-state index < -0.39 is 10.0 Å². The van der Waals surface area contributed by atoms with Crippen LogP contribution in [0.15, 0.2) is 22.1 Å². The van der Waals surface area contributed by atoms with Gasteiger partial charge < -0.3 is 5.32 Å². The van der Waals surface area contributed by atoms with Gasteiger partial charge >= 0.3 is 0 Å². The quantitative estimate of drug-likeness (QED) is 0.883. The number of aromatic nitrogens is 2. The highest BCUT2D eigenvalue weighted by Crippen LogP contribution is 2.25. The third-order valence-electron chi connectivity index (χ3n) is 1.61. The minimum Gasteiger partial charge on any atom is -0.379 e. The number of rotatable bonds is 4. The van der Waals surface area contributed by atoms with Crippen LogP contribution in [0.25, 0.3) is 0 Å². The lowest BCUT2D eigenvalue weighted by Crippen LogP contribution is -2.12. The van der Waals surface area contributed by atoms with Crippen molar-refractivity contribution in [1.82, 2.24) is 9.97 Å². The molecule has 0 bridgehead atoms. The number of thiazole rings is 2. The van der Waals surface area contributed by atoms with E-state index in [1.165, 1.54) is 17.5 Å². The zero-order valence-electron chi connectivity index (χ0n) is 8.17. The molecule has 0 amide bonds. The van der Waals surface area contributed by atoms with Gasteiger partial charge in [-0.05, 0) is 0 Å². The smallest absolute Gasteiger partial charge is 0.291 e. The summed E-state index contributed by atoms with van der Waals surface area (Å²) in [5, 5.41) is 5.59. The first-order valence-corrected chi connectivity index (χ1v) is 7.35. The SMILES string of the molecule is CNc1cnc(NS(=O)(=O)c2nccs2)s1. The Hall–Kier alpha value is -1.19. The second-order valence-electron chi connectivity index (χ2n) is 2.68. The summed E-state index contributed by atoms with van der Waals surface area (Å²) in [5.41, 5.74) is 0. The van der Waals surface area contributed by atoms with E-state index in [0.717, 1.165) is 16.3 Å². The lowest BCUT2D eigenvalue weighted by atomic mass is 10.8. The van der Waals surface area contributed by atoms with Crippen LogP contribution in [0.5, 0.6) is 0 Å². The van der Waals surface area contributed by atoms with Gasteiger partial charge in [0.25, 0.3) is 10.0 Å². The molecule has 2 aromatic heterocycles. The van der Waals surface area contributed by atoms with Crippen molar-refractivity contribution in [1.29, 1.82) is 0 Å². The molecule has 2 N–H and O–H groups in total. The number of hydrogen-bond acceptors (Lipinski definition) is 7. The summed E-state index contributed by atoms with van der Waals surface area (Å²) >= 11 is 2.28. The number of hydrogen-bond donors (Lipinski definition) is 2. The molecule has 0 unspecified atom stereocenters. The number of nitrogens with one attached hydrogen (secondary N) is 2. The predicted molar refractivity (Wildman–Crippen MR) is 64.6 cm³/mol. The fraction of sp³-hybridized carbons (Fsp3) is 0.143. The third-order valence-corrected chi connectivity index (χ3v) is 5.21. The maximum atomic E-state index is 11.7. The molecule has 0 radical (unpaired) electrons. The van der Waals surface area contributed by atoms with Crippen LogP contribution in [0.4, 0.5) is 10.1 Å². The molecule has 0 fully saturated rings. The molecule has 0 spiro atoms. The van der Waals surface area contributed by atoms with Gasteiger partial charge in [-0.3, -0.25) is 4.72 Å². The molecule has 2 heterocycles. The summed E-state index contributed by atoms with van der Waals surface area (Å²) in [5.74, 6) is 0. The van der Waals surface area contributed by atoms with E-state index in [1.807, 2.05) is 0 Å². The van der Waals surface area contributed by atoms with Gasteiger partial charge in [-0.2, -0.15) is 8.42 Å². The summed E-state index contributed by atoms with van der Waals surface area (Å²) in [6.07, 6.45) is 3.00. The van der Waals surface area contributed by atoms with Gasteiger partial charge in [0.1, 0.15) is 5.00 Å². The fourth-order valence-corrected chi connectivity index (χ4v) is 3.68. The van der Waals surface area contributed by atoms with Crippen LogP contribution in [0.3, 0.4) is 0 Å². The summed E-state index contributed by atoms with van der Waals surface area (Å²) < 4.78 is 25.9. The summed E-state index contributed by atoms with van der Waals surface area (Å²) in [4.78, 5) is 7.67. The van der Waals surface area contributed by atoms with Crippen LogP contribution in [0.2, 0.25) is 0 Å². The molecule has 0 aliphatic rings. The minimum atomic E-state index is -3.59. The zero-order valence-corrected chi connectivity index (χ0v) is 10.6. The van der Waals surface area contributed by atoms with Crippen molar-refractivity contribution in [3.8, 4) is 0 Å². The maximum absolute atomic E-state index is 11.7. The van der Waals surface area contributed by atoms with Crippen molar-refractivity contribution in [2.75, 3.05) is 17.1 Å². The monoisotopic (exact) mass is 276 g/mol. The molecule has 0 saturated heterocycles. The first-order chi connectivity index (χ1) is 7.62. The van der Waals surface area contributed by atoms with Crippen LogP contribution in [0.1, 0.15) is 0 Å². The predicted octanol–water partition coefficient (Wildman–Crippen LogP) is 1.44. The molecule has 0 aliphatic carbocycles. The highest BCUT2D eigenvalue weighted by atomic mass is 32.2. The lowest BCUT2D eigenvalue weighted by molar-refractivity contribution is 0.600. The number of sulfonamides is 1. The van der Waals surface area contributed by atoms with Gasteiger partial charge in [0.05, 0.1) is 6.20 Å². The normalized spacial score (nSPS) is 11.3. The molecule has 16 heavy (non-hydrogen) atoms. The van der Waals surface area contributed by atoms with E-state index in [0.29, 0.717) is 5.13 Å². The van der Waals surface area contributed by atoms with Crippen LogP contribution in [0, 0.1) is 0 Å². The van der Waals surface area contributed by atoms with Crippen LogP contribution in [-0.2, 0) is 10.0 Å². The Kier molecular flexibility index (Phi) is 3.08. The van der Waals surface area contributed by atoms with Gasteiger partial charge in [0.15, 0.2) is 5.13 Å². The largest absolute Gasteiger partial charge is 0.379 e. The summed E-state index contributed by atoms with van der Waals surface area (Å²) in [6, 6.07) is 0. The van der Waals surface area contributed by atoms with Crippen molar-refractivity contribution < 1.29 is 8.42 Å². The average molecular weight is 276 g/mol. The number of anilines is 2. The Morgan fingerprint density at radius 1 is 1.38 bits per heavy atom. The van der Waals surface area contributed by atoms with Crippen molar-refractivity contribution in [2.24, 2.45) is 0 Å². The van der Waals surface area contributed by atoms with E-state index in [2.05, 4.69) is 20.0 Å². The first-order valence-electron chi connectivity index (χ1n) is 4.18. The van der Waals surface area contributed by atoms with Crippen LogP contribution >= 0.6 is 22.7 Å². The van der Waals surface area contributed by atoms with Crippen molar-refractivity contribution in [3.63, 3.8) is 0 Å². The molecular formula is C7H8N4O2S3. The molecule has 6 nitrogen and oxygen atoms in total. The van der Waals surface area contributed by atoms with E-state index >= 15 is 0 Å². The fourth-order valence-electron chi connectivity index (χ4n) is 0.939. The van der Waals surface area contributed by atoms with Gasteiger partial charge in [0, 0.05) is 18.6 Å². The Morgan fingerprint density at radius 3 is 2.75 bits per heavy atom. The molecule has 86 valence electrons. The van der Waals surface area contributed by atoms with Crippen LogP contribution in [-0.4, -0.2) is 25.4 Å². The molecule has 0 saturated carbocycles. The zero-order chi connectivity index (χ0) is 11.6. The highest BCUT2D eigenvalue weighted by Gasteiger charge is 2.18. The van der Waals surface area contributed by atoms with E-state index in [4.69, 9.17) is 0 Å². The second-order valence-corrected chi connectivity index (χ2v) is 6.46. The highest BCUT2D eigenvalue weighted by molar-refractivity contribution is 7.94. The van der Waals surface area contributed by atoms with Crippen molar-refractivity contribution in [3.05, 3.63) is 17.8 Å². The second kappa shape index (κ2) is 4.36. The standard InChI is InChI=1S/C7H8N4O2S3/c1-8-5-4-10-6(15-5)11-16(12,13)7-9-2-3-14-7/h2-4,8H,1H3,(H,10,11). The van der Waals surface area contributed by atoms with Crippen molar-refractivity contribution in [2.45, 2.75) is 4.34 Å². The Morgan fingerprint density at radius 2 is 2.19 bits per heavy atom. The van der Waals surface area contributed by atoms with Gasteiger partial charge in [-0.15, -0.1) is 11.3 Å². The Balaban J connectivity index is 2.21. The molecular weight excluding hydrogens is 268 g/mol. The Labute approximate surface area is 100 Å². The molecule has 0 atom stereocenters.